The van der Waals surface area contributed by atoms with Gasteiger partial charge in [0.05, 0.1) is 29.5 Å². The number of para-hydroxylation sites is 1. The zero-order valence-corrected chi connectivity index (χ0v) is 17.1. The molecule has 2 aromatic heterocycles. The van der Waals surface area contributed by atoms with Gasteiger partial charge < -0.3 is 14.8 Å². The summed E-state index contributed by atoms with van der Waals surface area (Å²) in [5, 5.41) is 7.79. The molecule has 29 heavy (non-hydrogen) atoms. The van der Waals surface area contributed by atoms with Crippen LogP contribution >= 0.6 is 11.3 Å². The maximum atomic E-state index is 12.8. The number of aryl methyl sites for hydroxylation is 1. The molecule has 1 aromatic carbocycles. The van der Waals surface area contributed by atoms with Crippen LogP contribution in [-0.4, -0.2) is 46.9 Å². The lowest BCUT2D eigenvalue weighted by atomic mass is 10.2. The van der Waals surface area contributed by atoms with E-state index in [1.807, 2.05) is 37.3 Å². The Labute approximate surface area is 171 Å². The monoisotopic (exact) mass is 415 g/mol. The summed E-state index contributed by atoms with van der Waals surface area (Å²) in [6.07, 6.45) is 0. The van der Waals surface area contributed by atoms with Crippen LogP contribution in [0.15, 0.2) is 36.4 Å². The van der Waals surface area contributed by atoms with Crippen molar-refractivity contribution >= 4 is 39.4 Å². The molecule has 0 radical (unpaired) electrons. The van der Waals surface area contributed by atoms with E-state index in [1.54, 1.807) is 24.6 Å². The molecule has 3 aromatic rings. The highest BCUT2D eigenvalue weighted by Gasteiger charge is 2.32. The zero-order valence-electron chi connectivity index (χ0n) is 16.3. The molecule has 8 nitrogen and oxygen atoms in total. The lowest BCUT2D eigenvalue weighted by Crippen LogP contribution is -2.48. The number of amides is 1. The highest BCUT2D eigenvalue weighted by molar-refractivity contribution is 7.20. The SMILES string of the molecule is CCOC(=O)C(NC(=O)c1cc2c(C)nn(-c3ccccc3)c2s1)C(=O)OCC. The van der Waals surface area contributed by atoms with E-state index in [0.717, 1.165) is 21.6 Å². The first-order valence-electron chi connectivity index (χ1n) is 9.15. The van der Waals surface area contributed by atoms with Crippen molar-refractivity contribution in [3.05, 3.63) is 47.0 Å². The van der Waals surface area contributed by atoms with Crippen LogP contribution in [-0.2, 0) is 19.1 Å². The molecule has 0 atom stereocenters. The quantitative estimate of drug-likeness (QED) is 0.470. The summed E-state index contributed by atoms with van der Waals surface area (Å²) in [6.45, 7) is 5.26. The summed E-state index contributed by atoms with van der Waals surface area (Å²) >= 11 is 1.22. The van der Waals surface area contributed by atoms with Crippen LogP contribution in [0.25, 0.3) is 15.9 Å². The Kier molecular flexibility index (Phi) is 6.28. The molecular weight excluding hydrogens is 394 g/mol. The smallest absolute Gasteiger partial charge is 0.340 e. The fourth-order valence-corrected chi connectivity index (χ4v) is 3.86. The summed E-state index contributed by atoms with van der Waals surface area (Å²) in [5.41, 5.74) is 1.64. The number of fused-ring (bicyclic) bond motifs is 1. The lowest BCUT2D eigenvalue weighted by Gasteiger charge is -2.15. The minimum Gasteiger partial charge on any atom is -0.464 e. The molecule has 2 heterocycles. The van der Waals surface area contributed by atoms with Crippen LogP contribution in [0.4, 0.5) is 0 Å². The molecule has 0 saturated heterocycles. The molecule has 1 N–H and O–H groups in total. The molecule has 0 saturated carbocycles. The van der Waals surface area contributed by atoms with Gasteiger partial charge in [0.2, 0.25) is 6.04 Å². The minimum atomic E-state index is -1.51. The van der Waals surface area contributed by atoms with Gasteiger partial charge in [0.1, 0.15) is 4.83 Å². The first-order valence-corrected chi connectivity index (χ1v) is 9.96. The number of benzene rings is 1. The van der Waals surface area contributed by atoms with E-state index < -0.39 is 23.9 Å². The number of ether oxygens (including phenoxy) is 2. The van der Waals surface area contributed by atoms with E-state index in [4.69, 9.17) is 9.47 Å². The molecule has 0 aliphatic heterocycles. The van der Waals surface area contributed by atoms with Crippen molar-refractivity contribution in [2.45, 2.75) is 26.8 Å². The van der Waals surface area contributed by atoms with Crippen LogP contribution < -0.4 is 5.32 Å². The van der Waals surface area contributed by atoms with Gasteiger partial charge in [-0.2, -0.15) is 5.10 Å². The van der Waals surface area contributed by atoms with Gasteiger partial charge in [-0.3, -0.25) is 4.79 Å². The second-order valence-corrected chi connectivity index (χ2v) is 7.10. The summed E-state index contributed by atoms with van der Waals surface area (Å²) < 4.78 is 11.5. The molecule has 9 heteroatoms. The van der Waals surface area contributed by atoms with Gasteiger partial charge in [-0.25, -0.2) is 14.3 Å². The first-order chi connectivity index (χ1) is 14.0. The Morgan fingerprint density at radius 2 is 1.72 bits per heavy atom. The highest BCUT2D eigenvalue weighted by atomic mass is 32.1. The van der Waals surface area contributed by atoms with Crippen LogP contribution in [0.1, 0.15) is 29.2 Å². The summed E-state index contributed by atoms with van der Waals surface area (Å²) in [5.74, 6) is -2.27. The lowest BCUT2D eigenvalue weighted by molar-refractivity contribution is -0.157. The topological polar surface area (TPSA) is 99.5 Å². The number of rotatable bonds is 7. The Balaban J connectivity index is 1.90. The van der Waals surface area contributed by atoms with Crippen molar-refractivity contribution in [1.82, 2.24) is 15.1 Å². The van der Waals surface area contributed by atoms with Crippen LogP contribution in [0.2, 0.25) is 0 Å². The molecule has 3 rings (SSSR count). The number of nitrogens with zero attached hydrogens (tertiary/aromatic N) is 2. The molecule has 0 bridgehead atoms. The van der Waals surface area contributed by atoms with E-state index in [1.165, 1.54) is 11.3 Å². The van der Waals surface area contributed by atoms with E-state index in [-0.39, 0.29) is 13.2 Å². The number of carbonyl (C=O) groups is 3. The van der Waals surface area contributed by atoms with E-state index in [0.29, 0.717) is 4.88 Å². The number of esters is 2. The standard InChI is InChI=1S/C20H21N3O5S/c1-4-27-19(25)16(20(26)28-5-2)21-17(24)15-11-14-12(3)22-23(18(14)29-15)13-9-7-6-8-10-13/h6-11,16H,4-5H2,1-3H3,(H,21,24). The van der Waals surface area contributed by atoms with Crippen molar-refractivity contribution in [2.24, 2.45) is 0 Å². The van der Waals surface area contributed by atoms with Crippen molar-refractivity contribution in [3.63, 3.8) is 0 Å². The molecule has 0 aliphatic rings. The Morgan fingerprint density at radius 3 is 2.31 bits per heavy atom. The predicted molar refractivity (Wildman–Crippen MR) is 108 cm³/mol. The zero-order chi connectivity index (χ0) is 21.0. The maximum absolute atomic E-state index is 12.8. The first kappa shape index (κ1) is 20.5. The average Bonchev–Trinajstić information content (AvgIpc) is 3.27. The largest absolute Gasteiger partial charge is 0.464 e. The third-order valence-corrected chi connectivity index (χ3v) is 5.20. The predicted octanol–water partition coefficient (Wildman–Crippen LogP) is 2.62. The van der Waals surface area contributed by atoms with E-state index >= 15 is 0 Å². The minimum absolute atomic E-state index is 0.0829. The number of aromatic nitrogens is 2. The summed E-state index contributed by atoms with van der Waals surface area (Å²) in [7, 11) is 0. The Hall–Kier alpha value is -3.20. The fraction of sp³-hybridized carbons (Fsp3) is 0.300. The van der Waals surface area contributed by atoms with Crippen molar-refractivity contribution < 1.29 is 23.9 Å². The van der Waals surface area contributed by atoms with Gasteiger partial charge in [-0.05, 0) is 39.0 Å². The van der Waals surface area contributed by atoms with Gasteiger partial charge >= 0.3 is 11.9 Å². The Bertz CT molecular complexity index is 1020. The third-order valence-electron chi connectivity index (χ3n) is 4.09. The molecule has 0 spiro atoms. The van der Waals surface area contributed by atoms with Crippen LogP contribution in [0.5, 0.6) is 0 Å². The normalized spacial score (nSPS) is 10.9. The van der Waals surface area contributed by atoms with E-state index in [9.17, 15) is 14.4 Å². The highest BCUT2D eigenvalue weighted by Crippen LogP contribution is 2.30. The van der Waals surface area contributed by atoms with Gasteiger partial charge in [0.15, 0.2) is 0 Å². The second kappa shape index (κ2) is 8.87. The molecule has 1 amide bonds. The second-order valence-electron chi connectivity index (χ2n) is 6.07. The van der Waals surface area contributed by atoms with Crippen molar-refractivity contribution in [1.29, 1.82) is 0 Å². The summed E-state index contributed by atoms with van der Waals surface area (Å²) in [4.78, 5) is 38.1. The number of thiophene rings is 1. The number of hydrogen-bond acceptors (Lipinski definition) is 7. The molecule has 0 unspecified atom stereocenters. The van der Waals surface area contributed by atoms with Crippen molar-refractivity contribution in [3.8, 4) is 5.69 Å². The molecule has 152 valence electrons. The van der Waals surface area contributed by atoms with Gasteiger partial charge in [0, 0.05) is 5.39 Å². The van der Waals surface area contributed by atoms with Gasteiger partial charge in [0.25, 0.3) is 5.91 Å². The summed E-state index contributed by atoms with van der Waals surface area (Å²) in [6, 6.07) is 9.75. The Morgan fingerprint density at radius 1 is 1.10 bits per heavy atom. The van der Waals surface area contributed by atoms with Gasteiger partial charge in [-0.1, -0.05) is 18.2 Å². The average molecular weight is 415 g/mol. The van der Waals surface area contributed by atoms with Gasteiger partial charge in [-0.15, -0.1) is 11.3 Å². The fourth-order valence-electron chi connectivity index (χ4n) is 2.77. The van der Waals surface area contributed by atoms with Crippen LogP contribution in [0, 0.1) is 6.92 Å². The van der Waals surface area contributed by atoms with E-state index in [2.05, 4.69) is 10.4 Å². The molecule has 0 fully saturated rings. The number of nitrogens with one attached hydrogen (secondary N) is 1. The molecule has 0 aliphatic carbocycles. The van der Waals surface area contributed by atoms with Crippen LogP contribution in [0.3, 0.4) is 0 Å². The number of hydrogen-bond donors (Lipinski definition) is 1. The molecular formula is C20H21N3O5S. The third kappa shape index (κ3) is 4.29. The maximum Gasteiger partial charge on any atom is 0.340 e. The van der Waals surface area contributed by atoms with Crippen molar-refractivity contribution in [2.75, 3.05) is 13.2 Å². The number of carbonyl (C=O) groups excluding carboxylic acids is 3.